The SMILES string of the molecule is C#CCNC(C)C1CCCN(C)C1. The second-order valence-electron chi connectivity index (χ2n) is 4.04. The van der Waals surface area contributed by atoms with Crippen LogP contribution in [0.4, 0.5) is 0 Å². The maximum Gasteiger partial charge on any atom is 0.0575 e. The Labute approximate surface area is 81.7 Å². The minimum Gasteiger partial charge on any atom is -0.306 e. The monoisotopic (exact) mass is 180 g/mol. The van der Waals surface area contributed by atoms with Gasteiger partial charge in [-0.1, -0.05) is 5.92 Å². The maximum atomic E-state index is 5.21. The molecule has 0 aromatic heterocycles. The van der Waals surface area contributed by atoms with Gasteiger partial charge >= 0.3 is 0 Å². The molecule has 74 valence electrons. The Bertz CT molecular complexity index is 183. The number of hydrogen-bond donors (Lipinski definition) is 1. The second kappa shape index (κ2) is 5.26. The number of hydrogen-bond acceptors (Lipinski definition) is 2. The molecule has 1 rings (SSSR count). The first-order chi connectivity index (χ1) is 6.24. The Morgan fingerprint density at radius 1 is 1.69 bits per heavy atom. The van der Waals surface area contributed by atoms with Crippen LogP contribution in [-0.2, 0) is 0 Å². The van der Waals surface area contributed by atoms with Crippen molar-refractivity contribution in [3.8, 4) is 12.3 Å². The van der Waals surface area contributed by atoms with Gasteiger partial charge in [0.15, 0.2) is 0 Å². The van der Waals surface area contributed by atoms with Crippen LogP contribution >= 0.6 is 0 Å². The largest absolute Gasteiger partial charge is 0.306 e. The fourth-order valence-electron chi connectivity index (χ4n) is 2.00. The zero-order valence-corrected chi connectivity index (χ0v) is 8.71. The highest BCUT2D eigenvalue weighted by Crippen LogP contribution is 2.18. The summed E-state index contributed by atoms with van der Waals surface area (Å²) >= 11 is 0. The molecule has 2 unspecified atom stereocenters. The third kappa shape index (κ3) is 3.38. The van der Waals surface area contributed by atoms with E-state index in [-0.39, 0.29) is 0 Å². The van der Waals surface area contributed by atoms with E-state index in [1.165, 1.54) is 25.9 Å². The minimum atomic E-state index is 0.554. The predicted molar refractivity (Wildman–Crippen MR) is 56.5 cm³/mol. The van der Waals surface area contributed by atoms with Crippen molar-refractivity contribution in [2.24, 2.45) is 5.92 Å². The van der Waals surface area contributed by atoms with Gasteiger partial charge in [0.05, 0.1) is 6.54 Å². The molecule has 2 nitrogen and oxygen atoms in total. The highest BCUT2D eigenvalue weighted by atomic mass is 15.1. The van der Waals surface area contributed by atoms with E-state index in [2.05, 4.69) is 30.1 Å². The fraction of sp³-hybridized carbons (Fsp3) is 0.818. The van der Waals surface area contributed by atoms with E-state index < -0.39 is 0 Å². The Hall–Kier alpha value is -0.520. The van der Waals surface area contributed by atoms with Gasteiger partial charge in [-0.25, -0.2) is 0 Å². The third-order valence-corrected chi connectivity index (χ3v) is 2.89. The van der Waals surface area contributed by atoms with E-state index in [0.29, 0.717) is 12.6 Å². The summed E-state index contributed by atoms with van der Waals surface area (Å²) in [7, 11) is 2.19. The Balaban J connectivity index is 2.29. The molecule has 0 bridgehead atoms. The van der Waals surface area contributed by atoms with Crippen molar-refractivity contribution >= 4 is 0 Å². The highest BCUT2D eigenvalue weighted by Gasteiger charge is 2.21. The van der Waals surface area contributed by atoms with Gasteiger partial charge in [-0.15, -0.1) is 6.42 Å². The van der Waals surface area contributed by atoms with Gasteiger partial charge in [0.2, 0.25) is 0 Å². The molecular formula is C11H20N2. The number of piperidine rings is 1. The van der Waals surface area contributed by atoms with Crippen LogP contribution in [0.25, 0.3) is 0 Å². The summed E-state index contributed by atoms with van der Waals surface area (Å²) in [6.45, 7) is 5.39. The fourth-order valence-corrected chi connectivity index (χ4v) is 2.00. The van der Waals surface area contributed by atoms with Gasteiger partial charge in [0.25, 0.3) is 0 Å². The zero-order valence-electron chi connectivity index (χ0n) is 8.71. The molecule has 0 aromatic carbocycles. The molecule has 1 aliphatic heterocycles. The van der Waals surface area contributed by atoms with E-state index in [9.17, 15) is 0 Å². The van der Waals surface area contributed by atoms with Crippen LogP contribution < -0.4 is 5.32 Å². The Morgan fingerprint density at radius 3 is 3.08 bits per heavy atom. The number of likely N-dealkylation sites (tertiary alicyclic amines) is 1. The first-order valence-electron chi connectivity index (χ1n) is 5.09. The van der Waals surface area contributed by atoms with Crippen molar-refractivity contribution in [3.05, 3.63) is 0 Å². The average Bonchev–Trinajstić information content (AvgIpc) is 2.14. The van der Waals surface area contributed by atoms with Gasteiger partial charge in [0.1, 0.15) is 0 Å². The summed E-state index contributed by atoms with van der Waals surface area (Å²) in [4.78, 5) is 2.40. The number of terminal acetylenes is 1. The summed E-state index contributed by atoms with van der Waals surface area (Å²) in [6.07, 6.45) is 7.87. The van der Waals surface area contributed by atoms with Crippen LogP contribution in [0.15, 0.2) is 0 Å². The molecule has 0 radical (unpaired) electrons. The van der Waals surface area contributed by atoms with Crippen molar-refractivity contribution in [3.63, 3.8) is 0 Å². The quantitative estimate of drug-likeness (QED) is 0.650. The predicted octanol–water partition coefficient (Wildman–Crippen LogP) is 0.940. The topological polar surface area (TPSA) is 15.3 Å². The first kappa shape index (κ1) is 10.6. The van der Waals surface area contributed by atoms with Gasteiger partial charge < -0.3 is 10.2 Å². The number of nitrogens with zero attached hydrogens (tertiary/aromatic N) is 1. The summed E-state index contributed by atoms with van der Waals surface area (Å²) in [5.41, 5.74) is 0. The van der Waals surface area contributed by atoms with Crippen molar-refractivity contribution < 1.29 is 0 Å². The van der Waals surface area contributed by atoms with Crippen molar-refractivity contribution in [2.45, 2.75) is 25.8 Å². The molecule has 1 saturated heterocycles. The van der Waals surface area contributed by atoms with Gasteiger partial charge in [-0.3, -0.25) is 0 Å². The third-order valence-electron chi connectivity index (χ3n) is 2.89. The molecule has 1 fully saturated rings. The van der Waals surface area contributed by atoms with Crippen LogP contribution in [0.1, 0.15) is 19.8 Å². The lowest BCUT2D eigenvalue weighted by Crippen LogP contribution is -2.43. The van der Waals surface area contributed by atoms with Gasteiger partial charge in [-0.05, 0) is 39.3 Å². The molecule has 13 heavy (non-hydrogen) atoms. The van der Waals surface area contributed by atoms with Gasteiger partial charge in [-0.2, -0.15) is 0 Å². The van der Waals surface area contributed by atoms with Gasteiger partial charge in [0, 0.05) is 12.6 Å². The summed E-state index contributed by atoms with van der Waals surface area (Å²) in [5, 5.41) is 3.36. The highest BCUT2D eigenvalue weighted by molar-refractivity contribution is 4.89. The van der Waals surface area contributed by atoms with Crippen LogP contribution in [0, 0.1) is 18.3 Å². The minimum absolute atomic E-state index is 0.554. The van der Waals surface area contributed by atoms with E-state index in [1.807, 2.05) is 0 Å². The normalized spacial score (nSPS) is 26.7. The average molecular weight is 180 g/mol. The van der Waals surface area contributed by atoms with Crippen molar-refractivity contribution in [2.75, 3.05) is 26.7 Å². The Kier molecular flexibility index (Phi) is 4.27. The van der Waals surface area contributed by atoms with Crippen molar-refractivity contribution in [1.82, 2.24) is 10.2 Å². The first-order valence-corrected chi connectivity index (χ1v) is 5.09. The van der Waals surface area contributed by atoms with Crippen LogP contribution in [0.5, 0.6) is 0 Å². The molecule has 0 aliphatic carbocycles. The number of nitrogens with one attached hydrogen (secondary N) is 1. The molecule has 1 heterocycles. The van der Waals surface area contributed by atoms with E-state index >= 15 is 0 Å². The second-order valence-corrected chi connectivity index (χ2v) is 4.04. The lowest BCUT2D eigenvalue weighted by molar-refractivity contribution is 0.181. The molecule has 0 aromatic rings. The standard InChI is InChI=1S/C11H20N2/c1-4-7-12-10(2)11-6-5-8-13(3)9-11/h1,10-12H,5-9H2,2-3H3. The molecule has 2 atom stereocenters. The maximum absolute atomic E-state index is 5.21. The lowest BCUT2D eigenvalue weighted by atomic mass is 9.92. The molecular weight excluding hydrogens is 160 g/mol. The molecule has 1 aliphatic rings. The van der Waals surface area contributed by atoms with Crippen LogP contribution in [0.2, 0.25) is 0 Å². The van der Waals surface area contributed by atoms with E-state index in [0.717, 1.165) is 5.92 Å². The molecule has 0 saturated carbocycles. The molecule has 0 amide bonds. The lowest BCUT2D eigenvalue weighted by Gasteiger charge is -2.33. The zero-order chi connectivity index (χ0) is 9.68. The summed E-state index contributed by atoms with van der Waals surface area (Å²) in [5.74, 6) is 3.39. The number of rotatable bonds is 3. The summed E-state index contributed by atoms with van der Waals surface area (Å²) < 4.78 is 0. The summed E-state index contributed by atoms with van der Waals surface area (Å²) in [6, 6.07) is 0.554. The van der Waals surface area contributed by atoms with Crippen LogP contribution in [-0.4, -0.2) is 37.6 Å². The molecule has 0 spiro atoms. The van der Waals surface area contributed by atoms with Crippen LogP contribution in [0.3, 0.4) is 0 Å². The van der Waals surface area contributed by atoms with E-state index in [4.69, 9.17) is 6.42 Å². The van der Waals surface area contributed by atoms with Crippen molar-refractivity contribution in [1.29, 1.82) is 0 Å². The molecule has 1 N–H and O–H groups in total. The van der Waals surface area contributed by atoms with E-state index in [1.54, 1.807) is 0 Å². The smallest absolute Gasteiger partial charge is 0.0575 e. The Morgan fingerprint density at radius 2 is 2.46 bits per heavy atom. The molecule has 2 heteroatoms.